The first-order chi connectivity index (χ1) is 16.9. The van der Waals surface area contributed by atoms with Gasteiger partial charge in [0.2, 0.25) is 5.95 Å². The molecule has 0 saturated carbocycles. The van der Waals surface area contributed by atoms with Gasteiger partial charge in [-0.3, -0.25) is 15.1 Å². The fourth-order valence-electron chi connectivity index (χ4n) is 3.76. The Bertz CT molecular complexity index is 1430. The van der Waals surface area contributed by atoms with Crippen LogP contribution in [0.2, 0.25) is 5.02 Å². The molecule has 0 unspecified atom stereocenters. The maximum absolute atomic E-state index is 15.1. The number of anilines is 2. The van der Waals surface area contributed by atoms with Gasteiger partial charge in [0.05, 0.1) is 42.7 Å². The van der Waals surface area contributed by atoms with E-state index in [2.05, 4.69) is 25.3 Å². The van der Waals surface area contributed by atoms with E-state index in [1.807, 2.05) is 4.90 Å². The first kappa shape index (κ1) is 23.3. The summed E-state index contributed by atoms with van der Waals surface area (Å²) in [5.41, 5.74) is 1.70. The number of halogens is 2. The highest BCUT2D eigenvalue weighted by atomic mass is 35.5. The molecule has 35 heavy (non-hydrogen) atoms. The molecule has 0 radical (unpaired) electrons. The molecular formula is C23H20ClFN6O3S. The number of carbonyl (C=O) groups is 1. The van der Waals surface area contributed by atoms with E-state index in [4.69, 9.17) is 21.1 Å². The summed E-state index contributed by atoms with van der Waals surface area (Å²) in [4.78, 5) is 33.6. The van der Waals surface area contributed by atoms with E-state index in [1.165, 1.54) is 30.7 Å². The number of benzene rings is 1. The number of hydrogen-bond donors (Lipinski definition) is 1. The summed E-state index contributed by atoms with van der Waals surface area (Å²) in [6, 6.07) is 4.57. The minimum absolute atomic E-state index is 0.0811. The van der Waals surface area contributed by atoms with Crippen LogP contribution in [0.15, 0.2) is 30.6 Å². The quantitative estimate of drug-likeness (QED) is 0.419. The van der Waals surface area contributed by atoms with Crippen LogP contribution >= 0.6 is 22.9 Å². The number of amides is 1. The average Bonchev–Trinajstić information content (AvgIpc) is 3.27. The van der Waals surface area contributed by atoms with Gasteiger partial charge in [0.1, 0.15) is 11.3 Å². The van der Waals surface area contributed by atoms with Crippen LogP contribution in [-0.4, -0.2) is 59.3 Å². The maximum atomic E-state index is 15.1. The van der Waals surface area contributed by atoms with Crippen molar-refractivity contribution >= 4 is 50.3 Å². The Morgan fingerprint density at radius 2 is 2.03 bits per heavy atom. The number of methoxy groups -OCH3 is 1. The minimum Gasteiger partial charge on any atom is -0.496 e. The van der Waals surface area contributed by atoms with Crippen molar-refractivity contribution in [1.29, 1.82) is 0 Å². The Labute approximate surface area is 208 Å². The van der Waals surface area contributed by atoms with Gasteiger partial charge in [-0.15, -0.1) is 0 Å². The van der Waals surface area contributed by atoms with E-state index < -0.39 is 11.7 Å². The number of thiazole rings is 1. The molecule has 180 valence electrons. The number of carbonyl (C=O) groups excluding carboxylic acids is 1. The Morgan fingerprint density at radius 3 is 2.80 bits per heavy atom. The number of morpholine rings is 1. The molecule has 12 heteroatoms. The van der Waals surface area contributed by atoms with Crippen molar-refractivity contribution in [1.82, 2.24) is 19.9 Å². The van der Waals surface area contributed by atoms with E-state index in [0.717, 1.165) is 0 Å². The fraction of sp³-hybridized carbons (Fsp3) is 0.261. The van der Waals surface area contributed by atoms with Gasteiger partial charge < -0.3 is 14.4 Å². The maximum Gasteiger partial charge on any atom is 0.259 e. The van der Waals surface area contributed by atoms with Gasteiger partial charge in [0.25, 0.3) is 5.91 Å². The number of aromatic nitrogens is 4. The summed E-state index contributed by atoms with van der Waals surface area (Å²) in [5.74, 6) is -0.348. The molecule has 4 aromatic rings. The molecule has 1 aliphatic heterocycles. The molecule has 1 N–H and O–H groups in total. The lowest BCUT2D eigenvalue weighted by Crippen LogP contribution is -2.37. The van der Waals surface area contributed by atoms with E-state index in [1.54, 1.807) is 25.3 Å². The monoisotopic (exact) mass is 514 g/mol. The lowest BCUT2D eigenvalue weighted by atomic mass is 9.98. The molecule has 1 aromatic carbocycles. The molecular weight excluding hydrogens is 495 g/mol. The van der Waals surface area contributed by atoms with Crippen molar-refractivity contribution in [3.8, 4) is 16.9 Å². The molecule has 3 aromatic heterocycles. The number of aryl methyl sites for hydroxylation is 1. The molecule has 4 heterocycles. The number of fused-ring (bicyclic) bond motifs is 1. The predicted octanol–water partition coefficient (Wildman–Crippen LogP) is 4.35. The van der Waals surface area contributed by atoms with Gasteiger partial charge in [0.15, 0.2) is 15.8 Å². The second-order valence-corrected chi connectivity index (χ2v) is 9.13. The lowest BCUT2D eigenvalue weighted by Gasteiger charge is -2.26. The van der Waals surface area contributed by atoms with E-state index in [-0.39, 0.29) is 21.9 Å². The summed E-state index contributed by atoms with van der Waals surface area (Å²) in [7, 11) is 1.42. The molecule has 9 nitrogen and oxygen atoms in total. The summed E-state index contributed by atoms with van der Waals surface area (Å²) >= 11 is 7.25. The van der Waals surface area contributed by atoms with Crippen LogP contribution < -0.4 is 15.0 Å². The third-order valence-corrected chi connectivity index (χ3v) is 6.66. The van der Waals surface area contributed by atoms with Gasteiger partial charge in [-0.2, -0.15) is 4.98 Å². The molecule has 5 rings (SSSR count). The highest BCUT2D eigenvalue weighted by Crippen LogP contribution is 2.38. The number of pyridine rings is 1. The van der Waals surface area contributed by atoms with E-state index in [9.17, 15) is 4.79 Å². The topological polar surface area (TPSA) is 102 Å². The van der Waals surface area contributed by atoms with Gasteiger partial charge in [-0.05, 0) is 25.1 Å². The summed E-state index contributed by atoms with van der Waals surface area (Å²) in [5, 5.41) is 3.03. The minimum atomic E-state index is -0.684. The number of nitrogens with one attached hydrogen (secondary N) is 1. The summed E-state index contributed by atoms with van der Waals surface area (Å²) in [6.45, 7) is 4.41. The number of rotatable bonds is 5. The zero-order valence-electron chi connectivity index (χ0n) is 18.8. The van der Waals surface area contributed by atoms with Crippen LogP contribution in [0.3, 0.4) is 0 Å². The summed E-state index contributed by atoms with van der Waals surface area (Å²) in [6.07, 6.45) is 3.02. The molecule has 0 bridgehead atoms. The molecule has 0 atom stereocenters. The predicted molar refractivity (Wildman–Crippen MR) is 132 cm³/mol. The Morgan fingerprint density at radius 1 is 1.23 bits per heavy atom. The Hall–Kier alpha value is -3.41. The standard InChI is InChI=1S/C23H20ClFN6O3S/c1-12-9-13(18-17(33-2)4-3-15(24)19(18)25)14(10-26-12)20(32)29-23-28-16-11-27-22(30-21(16)35-23)31-5-7-34-8-6-31/h3-4,9-11H,5-8H2,1-2H3,(H,28,29,32). The van der Waals surface area contributed by atoms with Gasteiger partial charge in [0, 0.05) is 30.5 Å². The Kier molecular flexibility index (Phi) is 6.46. The molecule has 1 fully saturated rings. The van der Waals surface area contributed by atoms with Crippen LogP contribution in [0.25, 0.3) is 21.5 Å². The molecule has 0 spiro atoms. The highest BCUT2D eigenvalue weighted by molar-refractivity contribution is 7.22. The second-order valence-electron chi connectivity index (χ2n) is 7.74. The van der Waals surface area contributed by atoms with E-state index in [0.29, 0.717) is 59.0 Å². The zero-order valence-corrected chi connectivity index (χ0v) is 20.4. The average molecular weight is 515 g/mol. The van der Waals surface area contributed by atoms with Crippen LogP contribution in [0.5, 0.6) is 5.75 Å². The Balaban J connectivity index is 1.48. The SMILES string of the molecule is COc1ccc(Cl)c(F)c1-c1cc(C)ncc1C(=O)Nc1nc2cnc(N3CCOCC3)nc2s1. The van der Waals surface area contributed by atoms with Crippen molar-refractivity contribution < 1.29 is 18.7 Å². The normalized spacial score (nSPS) is 13.8. The number of ether oxygens (including phenoxy) is 2. The van der Waals surface area contributed by atoms with Crippen LogP contribution in [0.1, 0.15) is 16.1 Å². The third-order valence-electron chi connectivity index (χ3n) is 5.48. The summed E-state index contributed by atoms with van der Waals surface area (Å²) < 4.78 is 25.8. The fourth-order valence-corrected chi connectivity index (χ4v) is 4.72. The zero-order chi connectivity index (χ0) is 24.5. The molecule has 1 saturated heterocycles. The van der Waals surface area contributed by atoms with E-state index >= 15 is 4.39 Å². The van der Waals surface area contributed by atoms with Crippen molar-refractivity contribution in [2.24, 2.45) is 0 Å². The van der Waals surface area contributed by atoms with Crippen molar-refractivity contribution in [3.05, 3.63) is 52.7 Å². The molecule has 1 amide bonds. The van der Waals surface area contributed by atoms with Crippen LogP contribution in [0, 0.1) is 12.7 Å². The molecule has 1 aliphatic rings. The number of nitrogens with zero attached hydrogens (tertiary/aromatic N) is 5. The second kappa shape index (κ2) is 9.68. The van der Waals surface area contributed by atoms with Crippen LogP contribution in [-0.2, 0) is 4.74 Å². The smallest absolute Gasteiger partial charge is 0.259 e. The van der Waals surface area contributed by atoms with Crippen molar-refractivity contribution in [2.45, 2.75) is 6.92 Å². The van der Waals surface area contributed by atoms with Crippen molar-refractivity contribution in [2.75, 3.05) is 43.6 Å². The highest BCUT2D eigenvalue weighted by Gasteiger charge is 2.23. The van der Waals surface area contributed by atoms with Gasteiger partial charge in [-0.25, -0.2) is 14.4 Å². The first-order valence-corrected chi connectivity index (χ1v) is 11.9. The third kappa shape index (κ3) is 4.62. The first-order valence-electron chi connectivity index (χ1n) is 10.7. The largest absolute Gasteiger partial charge is 0.496 e. The van der Waals surface area contributed by atoms with Crippen LogP contribution in [0.4, 0.5) is 15.5 Å². The van der Waals surface area contributed by atoms with Gasteiger partial charge >= 0.3 is 0 Å². The molecule has 0 aliphatic carbocycles. The van der Waals surface area contributed by atoms with Crippen molar-refractivity contribution in [3.63, 3.8) is 0 Å². The number of hydrogen-bond acceptors (Lipinski definition) is 9. The lowest BCUT2D eigenvalue weighted by molar-refractivity contribution is 0.102. The van der Waals surface area contributed by atoms with Gasteiger partial charge in [-0.1, -0.05) is 22.9 Å².